The van der Waals surface area contributed by atoms with Gasteiger partial charge in [-0.25, -0.2) is 15.0 Å². The first-order valence-electron chi connectivity index (χ1n) is 21.8. The van der Waals surface area contributed by atoms with Crippen molar-refractivity contribution in [1.82, 2.24) is 15.0 Å². The first-order valence-corrected chi connectivity index (χ1v) is 22.6. The van der Waals surface area contributed by atoms with Crippen molar-refractivity contribution in [2.45, 2.75) is 15.2 Å². The van der Waals surface area contributed by atoms with Crippen LogP contribution in [-0.2, 0) is 5.41 Å². The van der Waals surface area contributed by atoms with Crippen LogP contribution < -0.4 is 0 Å². The molecule has 0 N–H and O–H groups in total. The molecule has 0 radical (unpaired) electrons. The van der Waals surface area contributed by atoms with E-state index in [1.165, 1.54) is 59.7 Å². The highest BCUT2D eigenvalue weighted by atomic mass is 32.2. The number of hydrogen-bond acceptors (Lipinski definition) is 4. The lowest BCUT2D eigenvalue weighted by Crippen LogP contribution is -2.32. The third-order valence-electron chi connectivity index (χ3n) is 13.2. The van der Waals surface area contributed by atoms with Crippen LogP contribution in [0, 0.1) is 0 Å². The van der Waals surface area contributed by atoms with Crippen LogP contribution in [0.15, 0.2) is 234 Å². The molecular formula is C60H37N3S. The fourth-order valence-electron chi connectivity index (χ4n) is 10.3. The second kappa shape index (κ2) is 14.6. The molecule has 0 atom stereocenters. The summed E-state index contributed by atoms with van der Waals surface area (Å²) in [5, 5.41) is 3.52. The molecule has 0 saturated heterocycles. The lowest BCUT2D eigenvalue weighted by molar-refractivity contribution is 0.726. The smallest absolute Gasteiger partial charge is 0.160 e. The summed E-state index contributed by atoms with van der Waals surface area (Å²) >= 11 is 1.89. The van der Waals surface area contributed by atoms with Gasteiger partial charge in [-0.3, -0.25) is 0 Å². The predicted molar refractivity (Wildman–Crippen MR) is 263 cm³/mol. The molecule has 2 aromatic heterocycles. The van der Waals surface area contributed by atoms with Crippen LogP contribution in [0.4, 0.5) is 0 Å². The minimum Gasteiger partial charge on any atom is -0.247 e. The van der Waals surface area contributed by atoms with Crippen LogP contribution in [0.1, 0.15) is 22.3 Å². The van der Waals surface area contributed by atoms with Gasteiger partial charge in [-0.2, -0.15) is 0 Å². The molecule has 298 valence electrons. The molecule has 0 amide bonds. The predicted octanol–water partition coefficient (Wildman–Crippen LogP) is 15.3. The van der Waals surface area contributed by atoms with Gasteiger partial charge >= 0.3 is 0 Å². The number of aromatic nitrogens is 3. The Bertz CT molecular complexity index is 3590. The zero-order valence-corrected chi connectivity index (χ0v) is 35.4. The monoisotopic (exact) mass is 831 g/mol. The van der Waals surface area contributed by atoms with Gasteiger partial charge in [0.05, 0.1) is 28.0 Å². The summed E-state index contributed by atoms with van der Waals surface area (Å²) in [5.41, 5.74) is 17.5. The fourth-order valence-corrected chi connectivity index (χ4v) is 11.7. The van der Waals surface area contributed by atoms with E-state index in [-0.39, 0.29) is 0 Å². The summed E-state index contributed by atoms with van der Waals surface area (Å²) in [7, 11) is 0. The standard InChI is InChI=1S/C60H37N3S/c1-3-16-38(17-4-1)39-30-32-40(33-31-39)53-37-54(63-59(62-53)41-18-5-2-6-19-41)42-20-15-21-43(36-42)57-47-34-35-51-58(56(47)46-24-9-13-28-52(46)61-57)64-55-29-14-12-27-50(55)60(51)48-25-10-7-22-44(48)45-23-8-11-26-49(45)60/h1-37H. The molecule has 0 unspecified atom stereocenters. The van der Waals surface area contributed by atoms with Crippen LogP contribution in [0.3, 0.4) is 0 Å². The van der Waals surface area contributed by atoms with Gasteiger partial charge in [0.2, 0.25) is 0 Å². The minimum absolute atomic E-state index is 0.466. The molecule has 64 heavy (non-hydrogen) atoms. The average molecular weight is 832 g/mol. The normalized spacial score (nSPS) is 13.1. The number of benzene rings is 9. The second-order valence-corrected chi connectivity index (χ2v) is 17.7. The molecule has 0 fully saturated rings. The molecular weight excluding hydrogens is 795 g/mol. The van der Waals surface area contributed by atoms with E-state index in [0.717, 1.165) is 55.6 Å². The maximum absolute atomic E-state index is 5.48. The van der Waals surface area contributed by atoms with Gasteiger partial charge in [-0.1, -0.05) is 212 Å². The number of hydrogen-bond donors (Lipinski definition) is 0. The van der Waals surface area contributed by atoms with Crippen LogP contribution in [0.5, 0.6) is 0 Å². The van der Waals surface area contributed by atoms with Crippen molar-refractivity contribution in [2.24, 2.45) is 0 Å². The van der Waals surface area contributed by atoms with Gasteiger partial charge in [-0.15, -0.1) is 0 Å². The Hall–Kier alpha value is -7.92. The van der Waals surface area contributed by atoms with Gasteiger partial charge in [0.1, 0.15) is 0 Å². The largest absolute Gasteiger partial charge is 0.247 e. The summed E-state index contributed by atoms with van der Waals surface area (Å²) in [6.07, 6.45) is 0. The summed E-state index contributed by atoms with van der Waals surface area (Å²) in [6.45, 7) is 0. The highest BCUT2D eigenvalue weighted by Gasteiger charge is 2.50. The SMILES string of the molecule is c1ccc(-c2ccc(-c3cc(-c4cccc(-c5nc6ccccc6c6c7c(ccc56)C5(c6ccccc6S7)c6ccccc6-c6ccccc65)c4)nc(-c4ccccc4)n3)cc2)cc1. The van der Waals surface area contributed by atoms with E-state index < -0.39 is 5.41 Å². The van der Waals surface area contributed by atoms with Gasteiger partial charge in [-0.05, 0) is 68.8 Å². The van der Waals surface area contributed by atoms with Gasteiger partial charge in [0.25, 0.3) is 0 Å². The van der Waals surface area contributed by atoms with Gasteiger partial charge in [0.15, 0.2) is 5.82 Å². The first-order chi connectivity index (χ1) is 31.7. The molecule has 4 heteroatoms. The molecule has 0 bridgehead atoms. The average Bonchev–Trinajstić information content (AvgIpc) is 3.67. The van der Waals surface area contributed by atoms with E-state index in [9.17, 15) is 0 Å². The Morgan fingerprint density at radius 2 is 0.906 bits per heavy atom. The van der Waals surface area contributed by atoms with Crippen molar-refractivity contribution in [3.8, 4) is 67.4 Å². The summed E-state index contributed by atoms with van der Waals surface area (Å²) in [4.78, 5) is 18.4. The van der Waals surface area contributed by atoms with Crippen LogP contribution in [-0.4, -0.2) is 15.0 Å². The van der Waals surface area contributed by atoms with Crippen molar-refractivity contribution in [3.63, 3.8) is 0 Å². The number of para-hydroxylation sites is 1. The number of nitrogens with zero attached hydrogens (tertiary/aromatic N) is 3. The molecule has 13 rings (SSSR count). The quantitative estimate of drug-likeness (QED) is 0.162. The van der Waals surface area contributed by atoms with E-state index in [1.54, 1.807) is 0 Å². The molecule has 9 aromatic carbocycles. The molecule has 1 spiro atoms. The van der Waals surface area contributed by atoms with Gasteiger partial charge in [0, 0.05) is 48.2 Å². The number of rotatable bonds is 5. The van der Waals surface area contributed by atoms with Crippen LogP contribution in [0.2, 0.25) is 0 Å². The van der Waals surface area contributed by atoms with E-state index in [4.69, 9.17) is 15.0 Å². The highest BCUT2D eigenvalue weighted by molar-refractivity contribution is 7.99. The maximum Gasteiger partial charge on any atom is 0.160 e. The molecule has 2 aliphatic rings. The van der Waals surface area contributed by atoms with E-state index in [1.807, 2.05) is 36.0 Å². The Labute approximate surface area is 375 Å². The zero-order valence-electron chi connectivity index (χ0n) is 34.6. The Morgan fingerprint density at radius 3 is 1.66 bits per heavy atom. The van der Waals surface area contributed by atoms with Crippen molar-refractivity contribution >= 4 is 33.4 Å². The Morgan fingerprint density at radius 1 is 0.344 bits per heavy atom. The van der Waals surface area contributed by atoms with E-state index >= 15 is 0 Å². The maximum atomic E-state index is 5.48. The topological polar surface area (TPSA) is 38.7 Å². The molecule has 1 aliphatic carbocycles. The van der Waals surface area contributed by atoms with Crippen molar-refractivity contribution in [1.29, 1.82) is 0 Å². The number of fused-ring (bicyclic) bond motifs is 13. The summed E-state index contributed by atoms with van der Waals surface area (Å²) in [6, 6.07) is 80.7. The fraction of sp³-hybridized carbons (Fsp3) is 0.0167. The minimum atomic E-state index is -0.466. The third kappa shape index (κ3) is 5.59. The lowest BCUT2D eigenvalue weighted by atomic mass is 9.67. The highest BCUT2D eigenvalue weighted by Crippen LogP contribution is 2.63. The second-order valence-electron chi connectivity index (χ2n) is 16.6. The Kier molecular flexibility index (Phi) is 8.37. The van der Waals surface area contributed by atoms with Crippen LogP contribution >= 0.6 is 11.8 Å². The van der Waals surface area contributed by atoms with Crippen molar-refractivity contribution < 1.29 is 0 Å². The molecule has 11 aromatic rings. The Balaban J connectivity index is 1.01. The van der Waals surface area contributed by atoms with E-state index in [2.05, 4.69) is 200 Å². The first kappa shape index (κ1) is 36.7. The third-order valence-corrected chi connectivity index (χ3v) is 14.4. The van der Waals surface area contributed by atoms with Gasteiger partial charge < -0.3 is 0 Å². The number of pyridine rings is 1. The molecule has 1 aliphatic heterocycles. The van der Waals surface area contributed by atoms with Crippen LogP contribution in [0.25, 0.3) is 89.1 Å². The summed E-state index contributed by atoms with van der Waals surface area (Å²) in [5.74, 6) is 0.688. The molecule has 3 nitrogen and oxygen atoms in total. The van der Waals surface area contributed by atoms with Crippen molar-refractivity contribution in [2.75, 3.05) is 0 Å². The van der Waals surface area contributed by atoms with E-state index in [0.29, 0.717) is 5.82 Å². The summed E-state index contributed by atoms with van der Waals surface area (Å²) < 4.78 is 0. The zero-order chi connectivity index (χ0) is 42.2. The van der Waals surface area contributed by atoms with Crippen molar-refractivity contribution in [3.05, 3.63) is 247 Å². The molecule has 0 saturated carbocycles. The molecule has 3 heterocycles. The lowest BCUT2D eigenvalue weighted by Gasteiger charge is -2.40.